The lowest BCUT2D eigenvalue weighted by molar-refractivity contribution is -0.115. The predicted octanol–water partition coefficient (Wildman–Crippen LogP) is 1.62. The van der Waals surface area contributed by atoms with Gasteiger partial charge >= 0.3 is 0 Å². The highest BCUT2D eigenvalue weighted by Gasteiger charge is 2.11. The number of phenolic OH excluding ortho intramolecular Hbond substituents is 1. The molecule has 0 spiro atoms. The van der Waals surface area contributed by atoms with Crippen LogP contribution in [0.25, 0.3) is 0 Å². The van der Waals surface area contributed by atoms with E-state index in [-0.39, 0.29) is 17.6 Å². The summed E-state index contributed by atoms with van der Waals surface area (Å²) in [5.41, 5.74) is 1.50. The molecule has 0 aromatic heterocycles. The van der Waals surface area contributed by atoms with Crippen molar-refractivity contribution in [3.8, 4) is 5.75 Å². The number of nitrogens with one attached hydrogen (secondary N) is 2. The van der Waals surface area contributed by atoms with Crippen LogP contribution in [-0.4, -0.2) is 16.9 Å². The third kappa shape index (κ3) is 2.73. The van der Waals surface area contributed by atoms with Crippen LogP contribution in [0.1, 0.15) is 19.4 Å². The molecule has 2 amide bonds. The molecule has 0 bridgehead atoms. The van der Waals surface area contributed by atoms with Gasteiger partial charge in [0.25, 0.3) is 0 Å². The molecule has 0 radical (unpaired) electrons. The van der Waals surface area contributed by atoms with E-state index in [4.69, 9.17) is 0 Å². The number of carbonyl (C=O) groups excluding carboxylic acids is 2. The van der Waals surface area contributed by atoms with Gasteiger partial charge in [-0.25, -0.2) is 0 Å². The standard InChI is InChI=1S/C11H14N2O3/c1-6-9(12-7(2)14)4-5-10(16)11(6)13-8(3)15/h4-5,16H,1-3H3,(H,12,14)(H,13,15). The first-order valence-corrected chi connectivity index (χ1v) is 4.79. The fourth-order valence-corrected chi connectivity index (χ4v) is 1.36. The number of benzene rings is 1. The van der Waals surface area contributed by atoms with Gasteiger partial charge in [-0.15, -0.1) is 0 Å². The number of phenols is 1. The van der Waals surface area contributed by atoms with Gasteiger partial charge < -0.3 is 15.7 Å². The van der Waals surface area contributed by atoms with Crippen LogP contribution in [0.5, 0.6) is 5.75 Å². The molecule has 0 fully saturated rings. The molecule has 5 nitrogen and oxygen atoms in total. The maximum atomic E-state index is 10.9. The Morgan fingerprint density at radius 1 is 1.12 bits per heavy atom. The molecule has 0 saturated heterocycles. The zero-order valence-electron chi connectivity index (χ0n) is 9.42. The molecule has 0 aliphatic rings. The minimum atomic E-state index is -0.279. The topological polar surface area (TPSA) is 78.4 Å². The Balaban J connectivity index is 3.15. The molecule has 86 valence electrons. The van der Waals surface area contributed by atoms with Crippen molar-refractivity contribution in [3.05, 3.63) is 17.7 Å². The summed E-state index contributed by atoms with van der Waals surface area (Å²) in [6.45, 7) is 4.45. The summed E-state index contributed by atoms with van der Waals surface area (Å²) in [6, 6.07) is 3.00. The minimum Gasteiger partial charge on any atom is -0.506 e. The van der Waals surface area contributed by atoms with Crippen LogP contribution in [0.4, 0.5) is 11.4 Å². The zero-order valence-corrected chi connectivity index (χ0v) is 9.42. The summed E-state index contributed by atoms with van der Waals surface area (Å²) >= 11 is 0. The average molecular weight is 222 g/mol. The van der Waals surface area contributed by atoms with Gasteiger partial charge in [0.05, 0.1) is 5.69 Å². The van der Waals surface area contributed by atoms with Crippen LogP contribution in [-0.2, 0) is 9.59 Å². The molecule has 0 atom stereocenters. The van der Waals surface area contributed by atoms with Gasteiger partial charge in [-0.1, -0.05) is 0 Å². The molecule has 1 aromatic rings. The van der Waals surface area contributed by atoms with Crippen LogP contribution < -0.4 is 10.6 Å². The monoisotopic (exact) mass is 222 g/mol. The largest absolute Gasteiger partial charge is 0.506 e. The Kier molecular flexibility index (Phi) is 3.50. The summed E-state index contributed by atoms with van der Waals surface area (Å²) in [7, 11) is 0. The highest BCUT2D eigenvalue weighted by Crippen LogP contribution is 2.32. The van der Waals surface area contributed by atoms with Crippen molar-refractivity contribution < 1.29 is 14.7 Å². The number of rotatable bonds is 2. The molecule has 1 rings (SSSR count). The van der Waals surface area contributed by atoms with Gasteiger partial charge in [-0.05, 0) is 24.6 Å². The lowest BCUT2D eigenvalue weighted by Crippen LogP contribution is -2.11. The number of anilines is 2. The van der Waals surface area contributed by atoms with E-state index in [1.807, 2.05) is 0 Å². The molecular formula is C11H14N2O3. The second kappa shape index (κ2) is 4.65. The summed E-state index contributed by atoms with van der Waals surface area (Å²) in [6.07, 6.45) is 0. The van der Waals surface area contributed by atoms with E-state index in [9.17, 15) is 14.7 Å². The van der Waals surface area contributed by atoms with Gasteiger partial charge in [0.1, 0.15) is 5.75 Å². The Labute approximate surface area is 93.5 Å². The van der Waals surface area contributed by atoms with Crippen molar-refractivity contribution >= 4 is 23.2 Å². The normalized spacial score (nSPS) is 9.69. The SMILES string of the molecule is CC(=O)Nc1ccc(O)c(NC(C)=O)c1C. The molecule has 3 N–H and O–H groups in total. The van der Waals surface area contributed by atoms with Gasteiger partial charge in [-0.2, -0.15) is 0 Å². The second-order valence-electron chi connectivity index (χ2n) is 3.49. The molecule has 0 aliphatic heterocycles. The third-order valence-electron chi connectivity index (χ3n) is 2.05. The summed E-state index contributed by atoms with van der Waals surface area (Å²) in [5, 5.41) is 14.7. The van der Waals surface area contributed by atoms with E-state index in [1.165, 1.54) is 19.9 Å². The van der Waals surface area contributed by atoms with E-state index in [0.717, 1.165) is 0 Å². The maximum absolute atomic E-state index is 10.9. The Morgan fingerprint density at radius 3 is 2.19 bits per heavy atom. The lowest BCUT2D eigenvalue weighted by atomic mass is 10.1. The smallest absolute Gasteiger partial charge is 0.221 e. The van der Waals surface area contributed by atoms with E-state index in [1.54, 1.807) is 13.0 Å². The molecule has 1 aromatic carbocycles. The first-order valence-electron chi connectivity index (χ1n) is 4.79. The van der Waals surface area contributed by atoms with Crippen LogP contribution in [0, 0.1) is 6.92 Å². The number of amides is 2. The van der Waals surface area contributed by atoms with E-state index in [0.29, 0.717) is 16.9 Å². The first kappa shape index (κ1) is 12.0. The van der Waals surface area contributed by atoms with Crippen molar-refractivity contribution in [1.29, 1.82) is 0 Å². The van der Waals surface area contributed by atoms with E-state index >= 15 is 0 Å². The Morgan fingerprint density at radius 2 is 1.69 bits per heavy atom. The van der Waals surface area contributed by atoms with Crippen molar-refractivity contribution in [3.63, 3.8) is 0 Å². The molecular weight excluding hydrogens is 208 g/mol. The summed E-state index contributed by atoms with van der Waals surface area (Å²) in [4.78, 5) is 21.9. The molecule has 0 heterocycles. The van der Waals surface area contributed by atoms with Crippen LogP contribution in [0.2, 0.25) is 0 Å². The Hall–Kier alpha value is -2.04. The summed E-state index contributed by atoms with van der Waals surface area (Å²) in [5.74, 6) is -0.511. The minimum absolute atomic E-state index is 0.0261. The zero-order chi connectivity index (χ0) is 12.3. The average Bonchev–Trinajstić information content (AvgIpc) is 2.16. The van der Waals surface area contributed by atoms with E-state index in [2.05, 4.69) is 10.6 Å². The van der Waals surface area contributed by atoms with Crippen molar-refractivity contribution in [2.24, 2.45) is 0 Å². The molecule has 5 heteroatoms. The van der Waals surface area contributed by atoms with Gasteiger partial charge in [0.15, 0.2) is 0 Å². The number of hydrogen-bond donors (Lipinski definition) is 3. The predicted molar refractivity (Wildman–Crippen MR) is 61.5 cm³/mol. The van der Waals surface area contributed by atoms with Crippen LogP contribution in [0.3, 0.4) is 0 Å². The van der Waals surface area contributed by atoms with Gasteiger partial charge in [-0.3, -0.25) is 9.59 Å². The van der Waals surface area contributed by atoms with Gasteiger partial charge in [0, 0.05) is 19.5 Å². The highest BCUT2D eigenvalue weighted by atomic mass is 16.3. The van der Waals surface area contributed by atoms with Crippen LogP contribution >= 0.6 is 0 Å². The lowest BCUT2D eigenvalue weighted by Gasteiger charge is -2.13. The van der Waals surface area contributed by atoms with Crippen molar-refractivity contribution in [2.75, 3.05) is 10.6 Å². The van der Waals surface area contributed by atoms with Crippen LogP contribution in [0.15, 0.2) is 12.1 Å². The number of aromatic hydroxyl groups is 1. The van der Waals surface area contributed by atoms with Crippen molar-refractivity contribution in [2.45, 2.75) is 20.8 Å². The number of carbonyl (C=O) groups is 2. The van der Waals surface area contributed by atoms with Crippen molar-refractivity contribution in [1.82, 2.24) is 0 Å². The maximum Gasteiger partial charge on any atom is 0.221 e. The fraction of sp³-hybridized carbons (Fsp3) is 0.273. The molecule has 0 saturated carbocycles. The van der Waals surface area contributed by atoms with Gasteiger partial charge in [0.2, 0.25) is 11.8 Å². The molecule has 0 unspecified atom stereocenters. The molecule has 0 aliphatic carbocycles. The van der Waals surface area contributed by atoms with E-state index < -0.39 is 0 Å². The summed E-state index contributed by atoms with van der Waals surface area (Å²) < 4.78 is 0. The second-order valence-corrected chi connectivity index (χ2v) is 3.49. The fourth-order valence-electron chi connectivity index (χ4n) is 1.36. The number of hydrogen-bond acceptors (Lipinski definition) is 3. The highest BCUT2D eigenvalue weighted by molar-refractivity contribution is 5.95. The first-order chi connectivity index (χ1) is 7.41. The quantitative estimate of drug-likeness (QED) is 0.525. The molecule has 16 heavy (non-hydrogen) atoms. The third-order valence-corrected chi connectivity index (χ3v) is 2.05. The Bertz CT molecular complexity index is 441.